The Labute approximate surface area is 78.4 Å². The van der Waals surface area contributed by atoms with Crippen LogP contribution >= 0.6 is 0 Å². The van der Waals surface area contributed by atoms with E-state index in [0.717, 1.165) is 0 Å². The summed E-state index contributed by atoms with van der Waals surface area (Å²) < 4.78 is 1.53. The van der Waals surface area contributed by atoms with Gasteiger partial charge in [-0.15, -0.1) is 5.10 Å². The highest BCUT2D eigenvalue weighted by Crippen LogP contribution is 2.17. The van der Waals surface area contributed by atoms with Gasteiger partial charge in [0.2, 0.25) is 0 Å². The molecular formula is C7H7N5O2. The lowest BCUT2D eigenvalue weighted by molar-refractivity contribution is 0.0691. The Hall–Kier alpha value is -2.18. The molecule has 0 fully saturated rings. The number of nitrogens with one attached hydrogen (secondary N) is 1. The molecule has 0 unspecified atom stereocenters. The lowest BCUT2D eigenvalue weighted by atomic mass is 10.2. The van der Waals surface area contributed by atoms with E-state index in [-0.39, 0.29) is 11.4 Å². The molecule has 0 radical (unpaired) electrons. The molecule has 0 aliphatic carbocycles. The van der Waals surface area contributed by atoms with Gasteiger partial charge in [0.25, 0.3) is 0 Å². The largest absolute Gasteiger partial charge is 0.476 e. The van der Waals surface area contributed by atoms with Gasteiger partial charge in [-0.2, -0.15) is 15.4 Å². The number of nitrogens with zero attached hydrogens (tertiary/aromatic N) is 4. The maximum Gasteiger partial charge on any atom is 0.358 e. The second-order valence-corrected chi connectivity index (χ2v) is 2.67. The molecule has 0 amide bonds. The molecular weight excluding hydrogens is 186 g/mol. The van der Waals surface area contributed by atoms with E-state index in [1.165, 1.54) is 4.68 Å². The van der Waals surface area contributed by atoms with Gasteiger partial charge in [-0.1, -0.05) is 0 Å². The molecule has 0 aliphatic heterocycles. The third-order valence-corrected chi connectivity index (χ3v) is 1.81. The minimum Gasteiger partial charge on any atom is -0.476 e. The number of aromatic amines is 1. The Balaban J connectivity index is 2.57. The van der Waals surface area contributed by atoms with Crippen LogP contribution in [0.4, 0.5) is 0 Å². The van der Waals surface area contributed by atoms with Crippen molar-refractivity contribution in [1.82, 2.24) is 25.2 Å². The molecule has 2 N–H and O–H groups in total. The van der Waals surface area contributed by atoms with E-state index in [4.69, 9.17) is 5.11 Å². The molecule has 14 heavy (non-hydrogen) atoms. The van der Waals surface area contributed by atoms with Gasteiger partial charge in [0.15, 0.2) is 5.69 Å². The average molecular weight is 193 g/mol. The lowest BCUT2D eigenvalue weighted by Gasteiger charge is -1.96. The maximum absolute atomic E-state index is 10.7. The number of hydrogen-bond donors (Lipinski definition) is 2. The van der Waals surface area contributed by atoms with Crippen LogP contribution in [0, 0.1) is 0 Å². The molecule has 0 atom stereocenters. The Morgan fingerprint density at radius 3 is 2.93 bits per heavy atom. The number of H-pyrrole nitrogens is 1. The van der Waals surface area contributed by atoms with Crippen LogP contribution in [0.15, 0.2) is 12.3 Å². The highest BCUT2D eigenvalue weighted by atomic mass is 16.4. The number of hydrogen-bond acceptors (Lipinski definition) is 4. The highest BCUT2D eigenvalue weighted by Gasteiger charge is 2.18. The molecule has 0 aliphatic rings. The van der Waals surface area contributed by atoms with Crippen molar-refractivity contribution in [1.29, 1.82) is 0 Å². The zero-order valence-electron chi connectivity index (χ0n) is 7.30. The maximum atomic E-state index is 10.7. The van der Waals surface area contributed by atoms with Gasteiger partial charge < -0.3 is 5.11 Å². The Bertz CT molecular complexity index is 472. The summed E-state index contributed by atoms with van der Waals surface area (Å²) in [4.78, 5) is 10.7. The zero-order chi connectivity index (χ0) is 10.1. The van der Waals surface area contributed by atoms with Crippen LogP contribution < -0.4 is 0 Å². The number of aromatic carboxylic acids is 1. The van der Waals surface area contributed by atoms with E-state index in [1.807, 2.05) is 0 Å². The van der Waals surface area contributed by atoms with Crippen molar-refractivity contribution in [2.24, 2.45) is 7.05 Å². The van der Waals surface area contributed by atoms with Crippen LogP contribution in [0.3, 0.4) is 0 Å². The van der Waals surface area contributed by atoms with Crippen LogP contribution in [0.2, 0.25) is 0 Å². The molecule has 7 heteroatoms. The Morgan fingerprint density at radius 1 is 1.57 bits per heavy atom. The first-order chi connectivity index (χ1) is 6.70. The average Bonchev–Trinajstić information content (AvgIpc) is 2.70. The lowest BCUT2D eigenvalue weighted by Crippen LogP contribution is -2.02. The molecule has 0 bridgehead atoms. The molecule has 7 nitrogen and oxygen atoms in total. The fourth-order valence-corrected chi connectivity index (χ4v) is 1.16. The van der Waals surface area contributed by atoms with E-state index in [0.29, 0.717) is 5.69 Å². The summed E-state index contributed by atoms with van der Waals surface area (Å²) in [5.74, 6) is -1.12. The first-order valence-corrected chi connectivity index (χ1v) is 3.82. The first-order valence-electron chi connectivity index (χ1n) is 3.82. The van der Waals surface area contributed by atoms with E-state index in [9.17, 15) is 4.79 Å². The van der Waals surface area contributed by atoms with E-state index in [2.05, 4.69) is 20.5 Å². The third-order valence-electron chi connectivity index (χ3n) is 1.81. The topological polar surface area (TPSA) is 96.7 Å². The van der Waals surface area contributed by atoms with Crippen molar-refractivity contribution in [3.63, 3.8) is 0 Å². The molecule has 0 saturated carbocycles. The fourth-order valence-electron chi connectivity index (χ4n) is 1.16. The quantitative estimate of drug-likeness (QED) is 0.694. The summed E-state index contributed by atoms with van der Waals surface area (Å²) >= 11 is 0. The third kappa shape index (κ3) is 1.15. The normalized spacial score (nSPS) is 10.4. The number of aryl methyl sites for hydroxylation is 1. The Kier molecular flexibility index (Phi) is 1.77. The van der Waals surface area contributed by atoms with Crippen LogP contribution in [0.25, 0.3) is 11.4 Å². The molecule has 2 aromatic heterocycles. The van der Waals surface area contributed by atoms with Crippen molar-refractivity contribution in [3.8, 4) is 11.4 Å². The van der Waals surface area contributed by atoms with E-state index in [1.54, 1.807) is 19.3 Å². The standard InChI is InChI=1S/C7H7N5O2/c1-12-4(2-3-8-12)5-6(7(13)14)10-11-9-5/h2-3H,1H3,(H,13,14)(H,9,10,11). The first kappa shape index (κ1) is 8.42. The monoisotopic (exact) mass is 193 g/mol. The fraction of sp³-hybridized carbons (Fsp3) is 0.143. The second-order valence-electron chi connectivity index (χ2n) is 2.67. The number of carboxylic acid groups (broad SMARTS) is 1. The Morgan fingerprint density at radius 2 is 2.36 bits per heavy atom. The summed E-state index contributed by atoms with van der Waals surface area (Å²) in [5, 5.41) is 22.3. The van der Waals surface area contributed by atoms with Gasteiger partial charge in [-0.25, -0.2) is 4.79 Å². The molecule has 2 aromatic rings. The van der Waals surface area contributed by atoms with E-state index >= 15 is 0 Å². The highest BCUT2D eigenvalue weighted by molar-refractivity contribution is 5.91. The van der Waals surface area contributed by atoms with Gasteiger partial charge in [-0.3, -0.25) is 4.68 Å². The van der Waals surface area contributed by atoms with Gasteiger partial charge in [0.05, 0.1) is 5.69 Å². The van der Waals surface area contributed by atoms with Crippen molar-refractivity contribution >= 4 is 5.97 Å². The van der Waals surface area contributed by atoms with Gasteiger partial charge >= 0.3 is 5.97 Å². The molecule has 0 spiro atoms. The van der Waals surface area contributed by atoms with Crippen LogP contribution in [-0.4, -0.2) is 36.3 Å². The molecule has 2 heterocycles. The molecule has 2 rings (SSSR count). The number of carboxylic acids is 1. The van der Waals surface area contributed by atoms with Crippen molar-refractivity contribution < 1.29 is 9.90 Å². The summed E-state index contributed by atoms with van der Waals surface area (Å²) in [6.07, 6.45) is 1.57. The molecule has 0 aromatic carbocycles. The summed E-state index contributed by atoms with van der Waals surface area (Å²) in [5.41, 5.74) is 0.794. The van der Waals surface area contributed by atoms with Crippen molar-refractivity contribution in [2.45, 2.75) is 0 Å². The zero-order valence-corrected chi connectivity index (χ0v) is 7.30. The summed E-state index contributed by atoms with van der Waals surface area (Å²) in [6.45, 7) is 0. The van der Waals surface area contributed by atoms with Crippen molar-refractivity contribution in [2.75, 3.05) is 0 Å². The number of rotatable bonds is 2. The van der Waals surface area contributed by atoms with Gasteiger partial charge in [0, 0.05) is 13.2 Å². The molecule has 72 valence electrons. The smallest absolute Gasteiger partial charge is 0.358 e. The SMILES string of the molecule is Cn1nccc1-c1n[nH]nc1C(=O)O. The minimum absolute atomic E-state index is 0.103. The van der Waals surface area contributed by atoms with Gasteiger partial charge in [-0.05, 0) is 6.07 Å². The predicted octanol–water partition coefficient (Wildman–Crippen LogP) is -0.0966. The summed E-state index contributed by atoms with van der Waals surface area (Å²) in [6, 6.07) is 1.67. The molecule has 0 saturated heterocycles. The second kappa shape index (κ2) is 2.95. The van der Waals surface area contributed by atoms with E-state index < -0.39 is 5.97 Å². The predicted molar refractivity (Wildman–Crippen MR) is 45.5 cm³/mol. The van der Waals surface area contributed by atoms with Crippen LogP contribution in [0.1, 0.15) is 10.5 Å². The number of aromatic nitrogens is 5. The van der Waals surface area contributed by atoms with Crippen LogP contribution in [-0.2, 0) is 7.05 Å². The summed E-state index contributed by atoms with van der Waals surface area (Å²) in [7, 11) is 1.70. The minimum atomic E-state index is -1.12. The van der Waals surface area contributed by atoms with Crippen LogP contribution in [0.5, 0.6) is 0 Å². The van der Waals surface area contributed by atoms with Gasteiger partial charge in [0.1, 0.15) is 5.69 Å². The number of carbonyl (C=O) groups is 1. The van der Waals surface area contributed by atoms with Crippen molar-refractivity contribution in [3.05, 3.63) is 18.0 Å².